The molecule has 0 fully saturated rings. The number of allylic oxidation sites excluding steroid dienone is 2. The van der Waals surface area contributed by atoms with Crippen LogP contribution in [-0.2, 0) is 0 Å². The summed E-state index contributed by atoms with van der Waals surface area (Å²) < 4.78 is 0. The van der Waals surface area contributed by atoms with Crippen LogP contribution in [0.15, 0.2) is 191 Å². The maximum absolute atomic E-state index is 5.02. The van der Waals surface area contributed by atoms with Crippen molar-refractivity contribution in [1.29, 1.82) is 0 Å². The van der Waals surface area contributed by atoms with Gasteiger partial charge in [0.05, 0.1) is 12.1 Å². The van der Waals surface area contributed by atoms with E-state index in [0.717, 1.165) is 33.0 Å². The van der Waals surface area contributed by atoms with Crippen molar-refractivity contribution in [2.45, 2.75) is 20.8 Å². The van der Waals surface area contributed by atoms with Gasteiger partial charge in [-0.3, -0.25) is 4.99 Å². The SMILES string of the molecule is C=C/C=C(\C=C)CN=C(N=C(N=C)c1cccc2c(C)c(-c3c(C)c4ccccc4c4[nH]c5ccccc5c34)ccc12)c1ccccc1.Cc1ccccc1. The fourth-order valence-corrected chi connectivity index (χ4v) is 7.36. The first-order valence-corrected chi connectivity index (χ1v) is 18.5. The Balaban J connectivity index is 0.000000599. The summed E-state index contributed by atoms with van der Waals surface area (Å²) in [7, 11) is 0. The Hall–Kier alpha value is -6.91. The van der Waals surface area contributed by atoms with E-state index in [4.69, 9.17) is 9.98 Å². The Morgan fingerprint density at radius 1 is 0.618 bits per heavy atom. The van der Waals surface area contributed by atoms with E-state index in [2.05, 4.69) is 142 Å². The van der Waals surface area contributed by atoms with Crippen LogP contribution in [0.2, 0.25) is 0 Å². The van der Waals surface area contributed by atoms with Gasteiger partial charge in [0, 0.05) is 32.8 Å². The van der Waals surface area contributed by atoms with E-state index in [1.807, 2.05) is 54.6 Å². The highest BCUT2D eigenvalue weighted by Crippen LogP contribution is 2.44. The molecular weight excluding hydrogens is 669 g/mol. The number of aliphatic imine (C=N–C) groups is 3. The van der Waals surface area contributed by atoms with E-state index in [1.54, 1.807) is 12.2 Å². The van der Waals surface area contributed by atoms with Crippen molar-refractivity contribution in [1.82, 2.24) is 4.98 Å². The van der Waals surface area contributed by atoms with E-state index >= 15 is 0 Å². The zero-order chi connectivity index (χ0) is 38.3. The molecule has 0 aliphatic heterocycles. The van der Waals surface area contributed by atoms with Gasteiger partial charge in [-0.1, -0.05) is 170 Å². The number of fused-ring (bicyclic) bond motifs is 6. The van der Waals surface area contributed by atoms with E-state index < -0.39 is 0 Å². The molecule has 0 saturated heterocycles. The van der Waals surface area contributed by atoms with E-state index in [9.17, 15) is 0 Å². The predicted molar refractivity (Wildman–Crippen MR) is 239 cm³/mol. The molecule has 8 aromatic rings. The number of hydrogen-bond donors (Lipinski definition) is 1. The van der Waals surface area contributed by atoms with Crippen molar-refractivity contribution in [3.8, 4) is 11.1 Å². The second-order valence-corrected chi connectivity index (χ2v) is 13.5. The van der Waals surface area contributed by atoms with Crippen LogP contribution in [0.1, 0.15) is 27.8 Å². The van der Waals surface area contributed by atoms with Gasteiger partial charge >= 0.3 is 0 Å². The molecule has 0 aliphatic rings. The van der Waals surface area contributed by atoms with Crippen LogP contribution in [0.25, 0.3) is 54.5 Å². The molecule has 0 unspecified atom stereocenters. The maximum atomic E-state index is 5.02. The van der Waals surface area contributed by atoms with Gasteiger partial charge < -0.3 is 4.98 Å². The fourth-order valence-electron chi connectivity index (χ4n) is 7.36. The smallest absolute Gasteiger partial charge is 0.161 e. The summed E-state index contributed by atoms with van der Waals surface area (Å²) in [6.45, 7) is 18.6. The third-order valence-corrected chi connectivity index (χ3v) is 10.1. The summed E-state index contributed by atoms with van der Waals surface area (Å²) in [5, 5.41) is 7.17. The molecule has 55 heavy (non-hydrogen) atoms. The molecule has 1 aromatic heterocycles. The van der Waals surface area contributed by atoms with E-state index in [1.165, 1.54) is 54.9 Å². The average Bonchev–Trinajstić information content (AvgIpc) is 3.62. The molecule has 268 valence electrons. The summed E-state index contributed by atoms with van der Waals surface area (Å²) in [6, 6.07) is 48.3. The van der Waals surface area contributed by atoms with Gasteiger partial charge in [0.15, 0.2) is 11.7 Å². The number of hydrogen-bond acceptors (Lipinski definition) is 1. The Morgan fingerprint density at radius 3 is 1.93 bits per heavy atom. The topological polar surface area (TPSA) is 52.9 Å². The average molecular weight is 713 g/mol. The molecule has 0 bridgehead atoms. The minimum atomic E-state index is 0.416. The third kappa shape index (κ3) is 7.36. The summed E-state index contributed by atoms with van der Waals surface area (Å²) in [6.07, 6.45) is 5.43. The molecule has 1 N–H and O–H groups in total. The Labute approximate surface area is 323 Å². The quantitative estimate of drug-likeness (QED) is 0.0972. The van der Waals surface area contributed by atoms with Crippen LogP contribution in [0.5, 0.6) is 0 Å². The Bertz CT molecular complexity index is 2800. The van der Waals surface area contributed by atoms with Crippen LogP contribution in [-0.4, -0.2) is 29.9 Å². The Kier molecular flexibility index (Phi) is 10.9. The Morgan fingerprint density at radius 2 is 1.25 bits per heavy atom. The predicted octanol–water partition coefficient (Wildman–Crippen LogP) is 13.1. The molecule has 0 atom stereocenters. The molecule has 8 rings (SSSR count). The zero-order valence-electron chi connectivity index (χ0n) is 31.7. The van der Waals surface area contributed by atoms with Gasteiger partial charge in [-0.25, -0.2) is 9.98 Å². The van der Waals surface area contributed by atoms with Gasteiger partial charge in [-0.15, -0.1) is 0 Å². The van der Waals surface area contributed by atoms with Crippen molar-refractivity contribution in [3.05, 3.63) is 204 Å². The van der Waals surface area contributed by atoms with Crippen molar-refractivity contribution in [2.75, 3.05) is 6.54 Å². The summed E-state index contributed by atoms with van der Waals surface area (Å²) >= 11 is 0. The summed E-state index contributed by atoms with van der Waals surface area (Å²) in [5.41, 5.74) is 11.3. The summed E-state index contributed by atoms with van der Waals surface area (Å²) in [4.78, 5) is 18.1. The van der Waals surface area contributed by atoms with Crippen LogP contribution >= 0.6 is 0 Å². The molecule has 4 nitrogen and oxygen atoms in total. The highest BCUT2D eigenvalue weighted by molar-refractivity contribution is 6.25. The number of benzene rings is 7. The second kappa shape index (κ2) is 16.4. The molecule has 0 spiro atoms. The van der Waals surface area contributed by atoms with Gasteiger partial charge in [0.2, 0.25) is 0 Å². The first-order valence-electron chi connectivity index (χ1n) is 18.5. The molecule has 7 aromatic carbocycles. The number of H-pyrrole nitrogens is 1. The van der Waals surface area contributed by atoms with Gasteiger partial charge in [0.25, 0.3) is 0 Å². The van der Waals surface area contributed by atoms with Crippen LogP contribution in [0.4, 0.5) is 0 Å². The zero-order valence-corrected chi connectivity index (χ0v) is 31.7. The highest BCUT2D eigenvalue weighted by Gasteiger charge is 2.20. The maximum Gasteiger partial charge on any atom is 0.161 e. The van der Waals surface area contributed by atoms with Crippen molar-refractivity contribution in [2.24, 2.45) is 15.0 Å². The van der Waals surface area contributed by atoms with Crippen LogP contribution in [0.3, 0.4) is 0 Å². The number of nitrogens with zero attached hydrogens (tertiary/aromatic N) is 3. The number of amidine groups is 2. The number of aromatic nitrogens is 1. The molecule has 0 amide bonds. The van der Waals surface area contributed by atoms with Gasteiger partial charge in [-0.2, -0.15) is 0 Å². The molecular formula is C51H44N4. The molecule has 4 heteroatoms. The van der Waals surface area contributed by atoms with Gasteiger partial charge in [0.1, 0.15) is 0 Å². The van der Waals surface area contributed by atoms with Crippen LogP contribution in [0, 0.1) is 20.8 Å². The lowest BCUT2D eigenvalue weighted by Crippen LogP contribution is -2.07. The highest BCUT2D eigenvalue weighted by atomic mass is 15.0. The van der Waals surface area contributed by atoms with Crippen molar-refractivity contribution in [3.63, 3.8) is 0 Å². The standard InChI is InChI=1S/C44H36N4.C7H8/c1-6-16-30(7-2)27-46-43(31-17-9-8-10-18-31)48-44(45-5)37-23-15-22-32-28(3)34(25-26-35(32)37)40-29(4)33-19-11-12-20-36(33)42-41(40)38-21-13-14-24-39(38)47-42;1-7-5-3-2-4-6-7/h6-26,47H,1-2,5,27H2,3-4H3;2-6H,1H3/b30-16+,46-43?,48-44?;. The second-order valence-electron chi connectivity index (χ2n) is 13.5. The monoisotopic (exact) mass is 712 g/mol. The first kappa shape index (κ1) is 36.4. The van der Waals surface area contributed by atoms with Crippen molar-refractivity contribution >= 4 is 61.7 Å². The number of aryl methyl sites for hydroxylation is 3. The molecule has 0 aliphatic carbocycles. The lowest BCUT2D eigenvalue weighted by Gasteiger charge is -2.18. The van der Waals surface area contributed by atoms with Crippen LogP contribution < -0.4 is 0 Å². The number of para-hydroxylation sites is 1. The lowest BCUT2D eigenvalue weighted by atomic mass is 9.86. The number of nitrogens with one attached hydrogen (secondary N) is 1. The minimum Gasteiger partial charge on any atom is -0.354 e. The third-order valence-electron chi connectivity index (χ3n) is 10.1. The van der Waals surface area contributed by atoms with E-state index in [-0.39, 0.29) is 0 Å². The van der Waals surface area contributed by atoms with Gasteiger partial charge in [-0.05, 0) is 77.5 Å². The molecule has 1 heterocycles. The normalized spacial score (nSPS) is 12.2. The van der Waals surface area contributed by atoms with Crippen molar-refractivity contribution < 1.29 is 0 Å². The molecule has 0 saturated carbocycles. The number of rotatable bonds is 7. The minimum absolute atomic E-state index is 0.416. The summed E-state index contributed by atoms with van der Waals surface area (Å²) in [5.74, 6) is 1.10. The first-order chi connectivity index (χ1) is 26.9. The number of aromatic amines is 1. The fraction of sp³-hybridized carbons (Fsp3) is 0.0784. The largest absolute Gasteiger partial charge is 0.354 e. The lowest BCUT2D eigenvalue weighted by molar-refractivity contribution is 1.17. The van der Waals surface area contributed by atoms with E-state index in [0.29, 0.717) is 18.2 Å². The molecule has 0 radical (unpaired) electrons.